The Kier molecular flexibility index (Phi) is 7.85. The zero-order chi connectivity index (χ0) is 25.8. The summed E-state index contributed by atoms with van der Waals surface area (Å²) in [5, 5.41) is 29.4. The second-order valence-electron chi connectivity index (χ2n) is 8.08. The van der Waals surface area contributed by atoms with Gasteiger partial charge in [0.2, 0.25) is 17.4 Å². The van der Waals surface area contributed by atoms with Crippen LogP contribution < -0.4 is 21.7 Å². The molecular formula is C20H24N8O6S2. The third kappa shape index (κ3) is 5.19. The van der Waals surface area contributed by atoms with E-state index < -0.39 is 34.9 Å². The number of fused-ring (bicyclic) bond motifs is 1. The Balaban J connectivity index is 0.000000543. The highest BCUT2D eigenvalue weighted by Gasteiger charge is 2.54. The van der Waals surface area contributed by atoms with E-state index >= 15 is 0 Å². The number of aliphatic carboxylic acids is 1. The molecule has 1 aromatic heterocycles. The maximum atomic E-state index is 12.7. The predicted molar refractivity (Wildman–Crippen MR) is 130 cm³/mol. The van der Waals surface area contributed by atoms with Crippen molar-refractivity contribution >= 4 is 57.8 Å². The summed E-state index contributed by atoms with van der Waals surface area (Å²) in [5.74, 6) is -3.10. The number of hydrogen-bond donors (Lipinski definition) is 6. The lowest BCUT2D eigenvalue weighted by atomic mass is 10.0. The zero-order valence-electron chi connectivity index (χ0n) is 18.9. The smallest absolute Gasteiger partial charge is 0.352 e. The lowest BCUT2D eigenvalue weighted by Gasteiger charge is -2.49. The van der Waals surface area contributed by atoms with Gasteiger partial charge in [-0.3, -0.25) is 19.3 Å². The zero-order valence-corrected chi connectivity index (χ0v) is 20.5. The molecule has 0 radical (unpaired) electrons. The number of carbonyl (C=O) groups is 4. The van der Waals surface area contributed by atoms with Crippen LogP contribution in [0.1, 0.15) is 25.1 Å². The predicted octanol–water partition coefficient (Wildman–Crippen LogP) is -1.15. The van der Waals surface area contributed by atoms with E-state index in [1.807, 2.05) is 0 Å². The maximum Gasteiger partial charge on any atom is 0.352 e. The molecule has 14 nitrogen and oxygen atoms in total. The van der Waals surface area contributed by atoms with Crippen LogP contribution in [0.5, 0.6) is 0 Å². The Morgan fingerprint density at radius 1 is 1.25 bits per heavy atom. The van der Waals surface area contributed by atoms with Gasteiger partial charge in [-0.15, -0.1) is 11.8 Å². The van der Waals surface area contributed by atoms with Crippen molar-refractivity contribution in [2.45, 2.75) is 30.7 Å². The average Bonchev–Trinajstić information content (AvgIpc) is 3.63. The Bertz CT molecular complexity index is 1170. The van der Waals surface area contributed by atoms with Crippen LogP contribution in [-0.2, 0) is 19.2 Å². The number of rotatable bonds is 5. The quantitative estimate of drug-likeness (QED) is 0.0869. The van der Waals surface area contributed by atoms with E-state index in [9.17, 15) is 24.3 Å². The van der Waals surface area contributed by atoms with Crippen LogP contribution >= 0.6 is 23.3 Å². The molecule has 3 saturated heterocycles. The van der Waals surface area contributed by atoms with Gasteiger partial charge in [0, 0.05) is 29.4 Å². The molecule has 2 unspecified atom stereocenters. The van der Waals surface area contributed by atoms with Crippen LogP contribution in [0.15, 0.2) is 28.1 Å². The molecule has 192 valence electrons. The van der Waals surface area contributed by atoms with Crippen molar-refractivity contribution in [3.63, 3.8) is 0 Å². The fourth-order valence-corrected chi connectivity index (χ4v) is 5.74. The van der Waals surface area contributed by atoms with Crippen LogP contribution in [0.4, 0.5) is 5.13 Å². The van der Waals surface area contributed by atoms with Gasteiger partial charge in [-0.25, -0.2) is 4.79 Å². The van der Waals surface area contributed by atoms with Gasteiger partial charge in [0.15, 0.2) is 5.13 Å². The summed E-state index contributed by atoms with van der Waals surface area (Å²) in [4.78, 5) is 53.7. The third-order valence-corrected chi connectivity index (χ3v) is 7.58. The van der Waals surface area contributed by atoms with Crippen LogP contribution in [0, 0.1) is 0 Å². The summed E-state index contributed by atoms with van der Waals surface area (Å²) in [6.07, 6.45) is 4.75. The van der Waals surface area contributed by atoms with Gasteiger partial charge in [0.1, 0.15) is 17.1 Å². The van der Waals surface area contributed by atoms with Crippen molar-refractivity contribution in [2.24, 2.45) is 5.16 Å². The molecule has 2 atom stereocenters. The molecule has 0 bridgehead atoms. The number of carbonyl (C=O) groups excluding carboxylic acids is 3. The minimum absolute atomic E-state index is 0.0616. The number of anilines is 1. The molecule has 4 aliphatic heterocycles. The summed E-state index contributed by atoms with van der Waals surface area (Å²) in [5.41, 5.74) is 5.51. The van der Waals surface area contributed by atoms with Crippen molar-refractivity contribution in [2.75, 3.05) is 31.1 Å². The van der Waals surface area contributed by atoms with E-state index in [1.165, 1.54) is 43.8 Å². The molecule has 0 aliphatic carbocycles. The average molecular weight is 537 g/mol. The Hall–Kier alpha value is -3.50. The molecule has 4 aliphatic rings. The van der Waals surface area contributed by atoms with Crippen molar-refractivity contribution in [1.29, 1.82) is 0 Å². The molecule has 3 amide bonds. The normalized spacial score (nSPS) is 24.6. The summed E-state index contributed by atoms with van der Waals surface area (Å²) < 4.78 is 3.79. The number of hydrogen-bond acceptors (Lipinski definition) is 12. The molecule has 0 saturated carbocycles. The number of thioether (sulfide) groups is 1. The number of nitrogen functional groups attached to an aromatic ring is 1. The topological polar surface area (TPSA) is 212 Å². The second kappa shape index (κ2) is 11.0. The van der Waals surface area contributed by atoms with Gasteiger partial charge < -0.3 is 32.0 Å². The van der Waals surface area contributed by atoms with Gasteiger partial charge in [0.25, 0.3) is 11.8 Å². The number of amides is 3. The number of nitrogens with zero attached hydrogens (tertiary/aromatic N) is 4. The molecule has 7 N–H and O–H groups in total. The number of nitrogens with two attached hydrogens (primary N) is 1. The number of nitrogens with one attached hydrogen (secondary N) is 3. The Morgan fingerprint density at radius 3 is 2.53 bits per heavy atom. The van der Waals surface area contributed by atoms with E-state index in [0.717, 1.165) is 16.4 Å². The number of carboxylic acid groups (broad SMARTS) is 1. The lowest BCUT2D eigenvalue weighted by Crippen LogP contribution is -2.71. The molecule has 36 heavy (non-hydrogen) atoms. The van der Waals surface area contributed by atoms with E-state index in [0.29, 0.717) is 24.1 Å². The van der Waals surface area contributed by atoms with E-state index in [-0.39, 0.29) is 28.3 Å². The highest BCUT2D eigenvalue weighted by atomic mass is 32.2. The molecule has 16 heteroatoms. The minimum atomic E-state index is -1.31. The largest absolute Gasteiger partial charge is 0.477 e. The molecule has 3 fully saturated rings. The summed E-state index contributed by atoms with van der Waals surface area (Å²) >= 11 is 2.04. The maximum absolute atomic E-state index is 12.7. The first kappa shape index (κ1) is 25.6. The van der Waals surface area contributed by atoms with Crippen LogP contribution in [0.2, 0.25) is 0 Å². The molecule has 5 heterocycles. The summed E-state index contributed by atoms with van der Waals surface area (Å²) in [6.45, 7) is 2.97. The number of allylic oxidation sites excluding steroid dienone is 1. The first-order valence-corrected chi connectivity index (χ1v) is 12.9. The highest BCUT2D eigenvalue weighted by molar-refractivity contribution is 8.00. The van der Waals surface area contributed by atoms with Crippen molar-refractivity contribution in [3.05, 3.63) is 28.7 Å². The lowest BCUT2D eigenvalue weighted by molar-refractivity contribution is -0.150. The van der Waals surface area contributed by atoms with Crippen molar-refractivity contribution in [3.8, 4) is 0 Å². The van der Waals surface area contributed by atoms with Gasteiger partial charge in [0.05, 0.1) is 0 Å². The van der Waals surface area contributed by atoms with E-state index in [4.69, 9.17) is 10.9 Å². The SMILES string of the molecule is C1CCNC1.Nc1nc(/C(=N/O)C(=O)NC2C(=O)N3C(C(=O)O)=C(/C=C4\CCNC4=O)CSC23)ns1. The first-order chi connectivity index (χ1) is 17.3. The molecule has 0 aromatic carbocycles. The van der Waals surface area contributed by atoms with Gasteiger partial charge >= 0.3 is 5.97 Å². The van der Waals surface area contributed by atoms with Crippen LogP contribution in [0.3, 0.4) is 0 Å². The van der Waals surface area contributed by atoms with Crippen LogP contribution in [0.25, 0.3) is 0 Å². The Labute approximate surface area is 213 Å². The minimum Gasteiger partial charge on any atom is -0.477 e. The van der Waals surface area contributed by atoms with E-state index in [1.54, 1.807) is 0 Å². The monoisotopic (exact) mass is 536 g/mol. The van der Waals surface area contributed by atoms with E-state index in [2.05, 4.69) is 30.5 Å². The molecule has 1 aromatic rings. The number of aromatic nitrogens is 2. The number of oxime groups is 1. The van der Waals surface area contributed by atoms with Crippen molar-refractivity contribution in [1.82, 2.24) is 30.2 Å². The first-order valence-electron chi connectivity index (χ1n) is 11.0. The molecule has 0 spiro atoms. The summed E-state index contributed by atoms with van der Waals surface area (Å²) in [7, 11) is 0. The fourth-order valence-electron chi connectivity index (χ4n) is 4.00. The number of carboxylic acids is 1. The van der Waals surface area contributed by atoms with Gasteiger partial charge in [-0.2, -0.15) is 9.36 Å². The Morgan fingerprint density at radius 2 is 2.00 bits per heavy atom. The van der Waals surface area contributed by atoms with Crippen LogP contribution in [-0.4, -0.2) is 90.8 Å². The fraction of sp³-hybridized carbons (Fsp3) is 0.450. The van der Waals surface area contributed by atoms with Crippen molar-refractivity contribution < 1.29 is 29.5 Å². The van der Waals surface area contributed by atoms with Gasteiger partial charge in [-0.1, -0.05) is 5.16 Å². The summed E-state index contributed by atoms with van der Waals surface area (Å²) in [6, 6.07) is -1.04. The second-order valence-corrected chi connectivity index (χ2v) is 9.97. The standard InChI is InChI=1S/C16H15N7O6S2.C4H9N/c17-16-20-10(22-31-16)7(21-29)12(25)19-8-13(26)23-9(15(27)28)6(4-30-14(8)23)3-5-1-2-18-11(5)24;1-2-4-5-3-1/h3,8,14,29H,1-2,4H2,(H,18,24)(H,19,25)(H,27,28)(H2,17,20,22);5H,1-4H2/b5-3+,21-7-;. The molecule has 5 rings (SSSR count). The third-order valence-electron chi connectivity index (χ3n) is 5.73. The highest BCUT2D eigenvalue weighted by Crippen LogP contribution is 2.41. The number of β-lactam (4-membered cyclic amide) rings is 1. The van der Waals surface area contributed by atoms with Gasteiger partial charge in [-0.05, 0) is 44.0 Å². The molecular weight excluding hydrogens is 512 g/mol.